The fourth-order valence-corrected chi connectivity index (χ4v) is 3.68. The molecule has 2 atom stereocenters. The molecular formula is C20H23N3O2. The van der Waals surface area contributed by atoms with E-state index < -0.39 is 6.03 Å². The summed E-state index contributed by atoms with van der Waals surface area (Å²) in [5.41, 5.74) is 8.82. The van der Waals surface area contributed by atoms with Crippen molar-refractivity contribution in [3.63, 3.8) is 0 Å². The van der Waals surface area contributed by atoms with E-state index in [1.54, 1.807) is 0 Å². The quantitative estimate of drug-likeness (QED) is 0.901. The van der Waals surface area contributed by atoms with Gasteiger partial charge in [0, 0.05) is 18.5 Å². The lowest BCUT2D eigenvalue weighted by atomic mass is 9.83. The lowest BCUT2D eigenvalue weighted by molar-refractivity contribution is -0.132. The Bertz CT molecular complexity index is 761. The summed E-state index contributed by atoms with van der Waals surface area (Å²) >= 11 is 0. The highest BCUT2D eigenvalue weighted by atomic mass is 16.2. The molecule has 25 heavy (non-hydrogen) atoms. The minimum atomic E-state index is -0.682. The normalized spacial score (nSPS) is 19.6. The van der Waals surface area contributed by atoms with Gasteiger partial charge >= 0.3 is 6.03 Å². The van der Waals surface area contributed by atoms with Crippen LogP contribution in [0.5, 0.6) is 0 Å². The van der Waals surface area contributed by atoms with E-state index in [0.717, 1.165) is 6.42 Å². The van der Waals surface area contributed by atoms with Crippen LogP contribution in [0.1, 0.15) is 29.5 Å². The molecule has 0 saturated carbocycles. The van der Waals surface area contributed by atoms with Crippen LogP contribution in [0.15, 0.2) is 54.6 Å². The van der Waals surface area contributed by atoms with Crippen molar-refractivity contribution in [3.05, 3.63) is 71.3 Å². The third-order valence-electron chi connectivity index (χ3n) is 4.88. The monoisotopic (exact) mass is 337 g/mol. The van der Waals surface area contributed by atoms with E-state index in [4.69, 9.17) is 5.73 Å². The van der Waals surface area contributed by atoms with Crippen LogP contribution in [0, 0.1) is 0 Å². The number of amides is 3. The topological polar surface area (TPSA) is 75.4 Å². The van der Waals surface area contributed by atoms with Crippen LogP contribution in [0.3, 0.4) is 0 Å². The maximum Gasteiger partial charge on any atom is 0.312 e. The van der Waals surface area contributed by atoms with Crippen molar-refractivity contribution in [1.29, 1.82) is 0 Å². The zero-order valence-corrected chi connectivity index (χ0v) is 14.3. The van der Waals surface area contributed by atoms with E-state index in [-0.39, 0.29) is 24.4 Å². The number of urea groups is 1. The Morgan fingerprint density at radius 3 is 2.52 bits per heavy atom. The van der Waals surface area contributed by atoms with Gasteiger partial charge < -0.3 is 16.0 Å². The average molecular weight is 337 g/mol. The molecule has 0 radical (unpaired) electrons. The lowest BCUT2D eigenvalue weighted by Crippen LogP contribution is -2.47. The van der Waals surface area contributed by atoms with Gasteiger partial charge in [0.2, 0.25) is 5.91 Å². The highest BCUT2D eigenvalue weighted by Gasteiger charge is 2.33. The van der Waals surface area contributed by atoms with Gasteiger partial charge in [-0.2, -0.15) is 0 Å². The standard InChI is InChI=1S/C20H23N3O2/c1-14-19(16-8-3-2-4-9-16)17-10-6-5-7-15(17)11-12-23(14)18(24)13-22-20(21)25/h2-10,14,19H,11-13H2,1H3,(H3,21,22,25)/t14-,19+/m1/s1. The smallest absolute Gasteiger partial charge is 0.312 e. The summed E-state index contributed by atoms with van der Waals surface area (Å²) in [7, 11) is 0. The minimum Gasteiger partial charge on any atom is -0.352 e. The number of carbonyl (C=O) groups excluding carboxylic acids is 2. The molecule has 5 nitrogen and oxygen atoms in total. The highest BCUT2D eigenvalue weighted by Crippen LogP contribution is 2.35. The highest BCUT2D eigenvalue weighted by molar-refractivity contribution is 5.83. The van der Waals surface area contributed by atoms with Crippen LogP contribution < -0.4 is 11.1 Å². The lowest BCUT2D eigenvalue weighted by Gasteiger charge is -2.33. The molecule has 1 aliphatic rings. The number of benzene rings is 2. The van der Waals surface area contributed by atoms with Gasteiger partial charge in [-0.3, -0.25) is 4.79 Å². The zero-order valence-electron chi connectivity index (χ0n) is 14.3. The van der Waals surface area contributed by atoms with E-state index in [0.29, 0.717) is 6.54 Å². The number of fused-ring (bicyclic) bond motifs is 1. The number of hydrogen-bond acceptors (Lipinski definition) is 2. The van der Waals surface area contributed by atoms with E-state index >= 15 is 0 Å². The second-order valence-corrected chi connectivity index (χ2v) is 6.38. The van der Waals surface area contributed by atoms with Crippen molar-refractivity contribution in [3.8, 4) is 0 Å². The predicted molar refractivity (Wildman–Crippen MR) is 97.2 cm³/mol. The third kappa shape index (κ3) is 3.65. The van der Waals surface area contributed by atoms with E-state index in [1.165, 1.54) is 16.7 Å². The van der Waals surface area contributed by atoms with E-state index in [9.17, 15) is 9.59 Å². The van der Waals surface area contributed by atoms with Crippen molar-refractivity contribution < 1.29 is 9.59 Å². The van der Waals surface area contributed by atoms with Crippen molar-refractivity contribution in [1.82, 2.24) is 10.2 Å². The first kappa shape index (κ1) is 17.0. The Balaban J connectivity index is 1.96. The van der Waals surface area contributed by atoms with Crippen LogP contribution in [0.25, 0.3) is 0 Å². The average Bonchev–Trinajstić information content (AvgIpc) is 2.76. The number of hydrogen-bond donors (Lipinski definition) is 2. The van der Waals surface area contributed by atoms with Crippen LogP contribution in [-0.4, -0.2) is 36.0 Å². The molecule has 0 spiro atoms. The number of nitrogens with zero attached hydrogens (tertiary/aromatic N) is 1. The molecule has 1 aliphatic heterocycles. The fourth-order valence-electron chi connectivity index (χ4n) is 3.68. The van der Waals surface area contributed by atoms with Crippen molar-refractivity contribution in [2.45, 2.75) is 25.3 Å². The Morgan fingerprint density at radius 1 is 1.12 bits per heavy atom. The van der Waals surface area contributed by atoms with Crippen LogP contribution in [0.4, 0.5) is 4.79 Å². The van der Waals surface area contributed by atoms with Gasteiger partial charge in [-0.25, -0.2) is 4.79 Å². The van der Waals surface area contributed by atoms with Crippen LogP contribution in [-0.2, 0) is 11.2 Å². The van der Waals surface area contributed by atoms with Gasteiger partial charge in [-0.05, 0) is 30.0 Å². The predicted octanol–water partition coefficient (Wildman–Crippen LogP) is 2.26. The summed E-state index contributed by atoms with van der Waals surface area (Å²) in [6.45, 7) is 2.63. The van der Waals surface area contributed by atoms with Gasteiger partial charge in [-0.1, -0.05) is 54.6 Å². The third-order valence-corrected chi connectivity index (χ3v) is 4.88. The Morgan fingerprint density at radius 2 is 1.80 bits per heavy atom. The van der Waals surface area contributed by atoms with Crippen molar-refractivity contribution in [2.24, 2.45) is 5.73 Å². The summed E-state index contributed by atoms with van der Waals surface area (Å²) < 4.78 is 0. The Labute approximate surface area is 147 Å². The minimum absolute atomic E-state index is 0.0202. The second-order valence-electron chi connectivity index (χ2n) is 6.38. The molecule has 0 unspecified atom stereocenters. The summed E-state index contributed by atoms with van der Waals surface area (Å²) in [5, 5.41) is 2.41. The number of carbonyl (C=O) groups is 2. The number of nitrogens with two attached hydrogens (primary N) is 1. The molecule has 130 valence electrons. The molecule has 2 aromatic carbocycles. The Hall–Kier alpha value is -2.82. The molecule has 3 rings (SSSR count). The molecule has 0 fully saturated rings. The first-order chi connectivity index (χ1) is 12.1. The van der Waals surface area contributed by atoms with Gasteiger partial charge in [0.15, 0.2) is 0 Å². The molecule has 5 heteroatoms. The summed E-state index contributed by atoms with van der Waals surface area (Å²) in [6, 6.07) is 17.9. The summed E-state index contributed by atoms with van der Waals surface area (Å²) in [5.74, 6) is -0.0162. The van der Waals surface area contributed by atoms with Crippen molar-refractivity contribution in [2.75, 3.05) is 13.1 Å². The van der Waals surface area contributed by atoms with Gasteiger partial charge in [0.25, 0.3) is 0 Å². The maximum absolute atomic E-state index is 12.6. The van der Waals surface area contributed by atoms with E-state index in [2.05, 4.69) is 36.5 Å². The first-order valence-corrected chi connectivity index (χ1v) is 8.53. The van der Waals surface area contributed by atoms with Crippen LogP contribution >= 0.6 is 0 Å². The molecule has 0 bridgehead atoms. The van der Waals surface area contributed by atoms with Gasteiger partial charge in [0.1, 0.15) is 0 Å². The van der Waals surface area contributed by atoms with E-state index in [1.807, 2.05) is 35.2 Å². The molecule has 0 aliphatic carbocycles. The van der Waals surface area contributed by atoms with Gasteiger partial charge in [-0.15, -0.1) is 0 Å². The number of primary amides is 1. The molecular weight excluding hydrogens is 314 g/mol. The molecule has 2 aromatic rings. The Kier molecular flexibility index (Phi) is 5.03. The largest absolute Gasteiger partial charge is 0.352 e. The molecule has 0 aromatic heterocycles. The molecule has 1 heterocycles. The molecule has 3 amide bonds. The van der Waals surface area contributed by atoms with Crippen molar-refractivity contribution >= 4 is 11.9 Å². The summed E-state index contributed by atoms with van der Waals surface area (Å²) in [4.78, 5) is 25.4. The fraction of sp³-hybridized carbons (Fsp3) is 0.300. The molecule has 0 saturated heterocycles. The maximum atomic E-state index is 12.6. The summed E-state index contributed by atoms with van der Waals surface area (Å²) in [6.07, 6.45) is 0.798. The number of rotatable bonds is 3. The molecule has 3 N–H and O–H groups in total. The van der Waals surface area contributed by atoms with Crippen LogP contribution in [0.2, 0.25) is 0 Å². The SMILES string of the molecule is C[C@@H]1[C@@H](c2ccccc2)c2ccccc2CCN1C(=O)CNC(N)=O. The van der Waals surface area contributed by atoms with Gasteiger partial charge in [0.05, 0.1) is 6.54 Å². The number of nitrogens with one attached hydrogen (secondary N) is 1. The first-order valence-electron chi connectivity index (χ1n) is 8.53. The second kappa shape index (κ2) is 7.38. The zero-order chi connectivity index (χ0) is 17.8.